The molecule has 1 atom stereocenters. The number of carbonyl (C=O) groups is 1. The van der Waals surface area contributed by atoms with Crippen LogP contribution < -0.4 is 0 Å². The summed E-state index contributed by atoms with van der Waals surface area (Å²) < 4.78 is 9.28. The van der Waals surface area contributed by atoms with Gasteiger partial charge in [-0.1, -0.05) is 6.07 Å². The van der Waals surface area contributed by atoms with Crippen LogP contribution in [0, 0.1) is 13.8 Å². The minimum atomic E-state index is -0.472. The third kappa shape index (κ3) is 2.96. The van der Waals surface area contributed by atoms with E-state index >= 15 is 0 Å². The molecular formula is C22H21N9O2. The molecule has 1 aliphatic heterocycles. The maximum absolute atomic E-state index is 13.6. The van der Waals surface area contributed by atoms with Crippen LogP contribution in [0.25, 0.3) is 17.1 Å². The van der Waals surface area contributed by atoms with Crippen molar-refractivity contribution in [2.45, 2.75) is 26.3 Å². The molecule has 0 spiro atoms. The Morgan fingerprint density at radius 1 is 1.24 bits per heavy atom. The number of H-pyrrole nitrogens is 1. The van der Waals surface area contributed by atoms with Crippen LogP contribution in [0.15, 0.2) is 41.3 Å². The molecule has 0 saturated heterocycles. The molecule has 0 saturated carbocycles. The van der Waals surface area contributed by atoms with Crippen molar-refractivity contribution in [3.63, 3.8) is 0 Å². The van der Waals surface area contributed by atoms with Crippen LogP contribution >= 0.6 is 0 Å². The highest BCUT2D eigenvalue weighted by molar-refractivity contribution is 5.90. The van der Waals surface area contributed by atoms with E-state index in [1.807, 2.05) is 42.8 Å². The number of carbonyl (C=O) groups excluding carboxylic acids is 1. The van der Waals surface area contributed by atoms with Gasteiger partial charge in [0, 0.05) is 31.9 Å². The number of rotatable bonds is 3. The van der Waals surface area contributed by atoms with Crippen molar-refractivity contribution in [3.8, 4) is 11.6 Å². The fraction of sp³-hybridized carbons (Fsp3) is 0.273. The lowest BCUT2D eigenvalue weighted by Crippen LogP contribution is -2.41. The Morgan fingerprint density at radius 2 is 2.12 bits per heavy atom. The van der Waals surface area contributed by atoms with Crippen molar-refractivity contribution < 1.29 is 9.21 Å². The molecule has 166 valence electrons. The maximum atomic E-state index is 13.6. The molecule has 1 aliphatic rings. The van der Waals surface area contributed by atoms with Gasteiger partial charge in [-0.05, 0) is 37.1 Å². The second kappa shape index (κ2) is 7.12. The van der Waals surface area contributed by atoms with Gasteiger partial charge in [0.25, 0.3) is 5.89 Å². The van der Waals surface area contributed by atoms with E-state index in [1.54, 1.807) is 29.2 Å². The Labute approximate surface area is 188 Å². The van der Waals surface area contributed by atoms with Crippen LogP contribution in [-0.2, 0) is 13.5 Å². The molecule has 5 aromatic rings. The van der Waals surface area contributed by atoms with Gasteiger partial charge in [-0.15, -0.1) is 10.2 Å². The smallest absolute Gasteiger partial charge is 0.312 e. The van der Waals surface area contributed by atoms with E-state index in [0.29, 0.717) is 18.7 Å². The molecule has 11 heteroatoms. The van der Waals surface area contributed by atoms with Gasteiger partial charge in [0.2, 0.25) is 0 Å². The quantitative estimate of drug-likeness (QED) is 0.454. The second-order valence-corrected chi connectivity index (χ2v) is 8.22. The first-order valence-corrected chi connectivity index (χ1v) is 10.6. The number of aryl methyl sites for hydroxylation is 3. The van der Waals surface area contributed by atoms with Crippen LogP contribution in [0.3, 0.4) is 0 Å². The lowest BCUT2D eigenvalue weighted by atomic mass is 9.99. The summed E-state index contributed by atoms with van der Waals surface area (Å²) in [7, 11) is 1.79. The fourth-order valence-corrected chi connectivity index (χ4v) is 4.49. The Morgan fingerprint density at radius 3 is 2.91 bits per heavy atom. The highest BCUT2D eigenvalue weighted by Gasteiger charge is 2.38. The van der Waals surface area contributed by atoms with Gasteiger partial charge in [-0.3, -0.25) is 9.48 Å². The maximum Gasteiger partial charge on any atom is 0.312 e. The zero-order chi connectivity index (χ0) is 22.7. The standard InChI is InChI=1S/C22H21N9O2/c1-12-5-4-7-31-16(12)9-15(28-31)19-17-14(23-11-24-17)6-8-30(19)22(32)21-27-26-20(33-21)18-13(2)10-25-29(18)3/h4-5,7,9-11,19H,6,8H2,1-3H3,(H,23,24). The van der Waals surface area contributed by atoms with Gasteiger partial charge in [0.15, 0.2) is 0 Å². The average Bonchev–Trinajstić information content (AvgIpc) is 3.59. The summed E-state index contributed by atoms with van der Waals surface area (Å²) in [5, 5.41) is 17.1. The molecule has 6 heterocycles. The number of fused-ring (bicyclic) bond motifs is 2. The highest BCUT2D eigenvalue weighted by Crippen LogP contribution is 2.34. The summed E-state index contributed by atoms with van der Waals surface area (Å²) in [5.74, 6) is -0.177. The van der Waals surface area contributed by atoms with E-state index in [9.17, 15) is 4.79 Å². The Balaban J connectivity index is 1.42. The fourth-order valence-electron chi connectivity index (χ4n) is 4.49. The second-order valence-electron chi connectivity index (χ2n) is 8.22. The zero-order valence-electron chi connectivity index (χ0n) is 18.3. The SMILES string of the molecule is Cc1cnn(C)c1-c1nnc(C(=O)N2CCc3[nH]cnc3C2c2cc3c(C)cccn3n2)o1. The Hall–Kier alpha value is -4.28. The van der Waals surface area contributed by atoms with Crippen LogP contribution in [0.1, 0.15) is 44.9 Å². The molecule has 0 radical (unpaired) electrons. The van der Waals surface area contributed by atoms with Crippen molar-refractivity contribution >= 4 is 11.4 Å². The molecule has 11 nitrogen and oxygen atoms in total. The predicted octanol–water partition coefficient (Wildman–Crippen LogP) is 2.25. The third-order valence-electron chi connectivity index (χ3n) is 6.13. The van der Waals surface area contributed by atoms with E-state index in [2.05, 4.69) is 25.3 Å². The summed E-state index contributed by atoms with van der Waals surface area (Å²) >= 11 is 0. The number of aromatic nitrogens is 8. The van der Waals surface area contributed by atoms with E-state index < -0.39 is 6.04 Å². The molecule has 0 fully saturated rings. The molecule has 0 aliphatic carbocycles. The van der Waals surface area contributed by atoms with Gasteiger partial charge >= 0.3 is 11.8 Å². The number of nitrogens with zero attached hydrogens (tertiary/aromatic N) is 8. The number of amides is 1. The molecule has 1 amide bonds. The van der Waals surface area contributed by atoms with Crippen LogP contribution in [0.4, 0.5) is 0 Å². The van der Waals surface area contributed by atoms with Crippen LogP contribution in [-0.4, -0.2) is 56.9 Å². The van der Waals surface area contributed by atoms with Crippen molar-refractivity contribution in [2.24, 2.45) is 7.05 Å². The predicted molar refractivity (Wildman–Crippen MR) is 116 cm³/mol. The molecule has 6 rings (SSSR count). The zero-order valence-corrected chi connectivity index (χ0v) is 18.3. The molecule has 0 bridgehead atoms. The normalized spacial score (nSPS) is 15.8. The molecule has 5 aromatic heterocycles. The van der Waals surface area contributed by atoms with Crippen molar-refractivity contribution in [2.75, 3.05) is 6.54 Å². The summed E-state index contributed by atoms with van der Waals surface area (Å²) in [5.41, 5.74) is 6.15. The van der Waals surface area contributed by atoms with Gasteiger partial charge in [-0.2, -0.15) is 10.2 Å². The highest BCUT2D eigenvalue weighted by atomic mass is 16.4. The van der Waals surface area contributed by atoms with Gasteiger partial charge in [0.05, 0.1) is 29.4 Å². The number of hydrogen-bond acceptors (Lipinski definition) is 7. The van der Waals surface area contributed by atoms with Crippen LogP contribution in [0.2, 0.25) is 0 Å². The summed E-state index contributed by atoms with van der Waals surface area (Å²) in [4.78, 5) is 23.0. The number of imidazole rings is 1. The number of aromatic amines is 1. The molecule has 1 unspecified atom stereocenters. The van der Waals surface area contributed by atoms with E-state index in [1.165, 1.54) is 0 Å². The first-order chi connectivity index (χ1) is 16.0. The first-order valence-electron chi connectivity index (χ1n) is 10.6. The first kappa shape index (κ1) is 19.4. The van der Waals surface area contributed by atoms with Crippen molar-refractivity contribution in [1.82, 2.24) is 44.5 Å². The van der Waals surface area contributed by atoms with Gasteiger partial charge in [-0.25, -0.2) is 9.50 Å². The number of nitrogens with one attached hydrogen (secondary N) is 1. The van der Waals surface area contributed by atoms with E-state index in [0.717, 1.165) is 33.7 Å². The van der Waals surface area contributed by atoms with E-state index in [4.69, 9.17) is 9.52 Å². The lowest BCUT2D eigenvalue weighted by Gasteiger charge is -2.32. The summed E-state index contributed by atoms with van der Waals surface area (Å²) in [6.45, 7) is 4.40. The molecule has 0 aromatic carbocycles. The monoisotopic (exact) mass is 443 g/mol. The van der Waals surface area contributed by atoms with Gasteiger partial charge < -0.3 is 14.3 Å². The van der Waals surface area contributed by atoms with Crippen molar-refractivity contribution in [1.29, 1.82) is 0 Å². The molecule has 1 N–H and O–H groups in total. The van der Waals surface area contributed by atoms with Crippen molar-refractivity contribution in [3.05, 3.63) is 71.0 Å². The third-order valence-corrected chi connectivity index (χ3v) is 6.13. The van der Waals surface area contributed by atoms with E-state index in [-0.39, 0.29) is 17.7 Å². The minimum Gasteiger partial charge on any atom is -0.411 e. The summed E-state index contributed by atoms with van der Waals surface area (Å²) in [6, 6.07) is 5.51. The van der Waals surface area contributed by atoms with Gasteiger partial charge in [0.1, 0.15) is 11.7 Å². The summed E-state index contributed by atoms with van der Waals surface area (Å²) in [6.07, 6.45) is 5.91. The Kier molecular flexibility index (Phi) is 4.19. The number of pyridine rings is 1. The lowest BCUT2D eigenvalue weighted by molar-refractivity contribution is 0.0646. The minimum absolute atomic E-state index is 0.0745. The van der Waals surface area contributed by atoms with Crippen LogP contribution in [0.5, 0.6) is 0 Å². The molecular weight excluding hydrogens is 422 g/mol. The topological polar surface area (TPSA) is 123 Å². The average molecular weight is 443 g/mol. The molecule has 33 heavy (non-hydrogen) atoms. The number of hydrogen-bond donors (Lipinski definition) is 1. The largest absolute Gasteiger partial charge is 0.411 e. The Bertz CT molecular complexity index is 1490.